The van der Waals surface area contributed by atoms with Crippen LogP contribution in [0.1, 0.15) is 61.9 Å². The maximum Gasteiger partial charge on any atom is 0.269 e. The predicted octanol–water partition coefficient (Wildman–Crippen LogP) is 2.90. The van der Waals surface area contributed by atoms with Crippen LogP contribution < -0.4 is 5.32 Å². The van der Waals surface area contributed by atoms with Crippen molar-refractivity contribution in [3.63, 3.8) is 0 Å². The number of carbonyl (C=O) groups is 2. The number of amides is 2. The standard InChI is InChI=1S/C21H30N4O2/c26-19(18-10-12-23-24-18)22-14-21-11-6-9-17(21)13-25(15-21)20(27)16-7-4-2-1-3-5-8-16/h1-2,10,12,16-17H,3-9,11,13-15H2,(H,22,26)(H,23,24)/b2-1-/t16?,17-,21-/m0/s1. The Morgan fingerprint density at radius 2 is 2.11 bits per heavy atom. The van der Waals surface area contributed by atoms with E-state index in [1.54, 1.807) is 12.3 Å². The summed E-state index contributed by atoms with van der Waals surface area (Å²) in [5.74, 6) is 0.922. The van der Waals surface area contributed by atoms with E-state index in [4.69, 9.17) is 0 Å². The fourth-order valence-corrected chi connectivity index (χ4v) is 5.27. The van der Waals surface area contributed by atoms with Crippen molar-refractivity contribution in [1.82, 2.24) is 20.4 Å². The van der Waals surface area contributed by atoms with E-state index in [1.807, 2.05) is 0 Å². The number of aromatic nitrogens is 2. The normalized spacial score (nSPS) is 31.8. The van der Waals surface area contributed by atoms with E-state index in [0.29, 0.717) is 24.1 Å². The van der Waals surface area contributed by atoms with Crippen molar-refractivity contribution in [3.05, 3.63) is 30.1 Å². The molecule has 1 aromatic rings. The van der Waals surface area contributed by atoms with E-state index in [9.17, 15) is 9.59 Å². The fraction of sp³-hybridized carbons (Fsp3) is 0.667. The lowest BCUT2D eigenvalue weighted by atomic mass is 9.80. The quantitative estimate of drug-likeness (QED) is 0.800. The van der Waals surface area contributed by atoms with Crippen LogP contribution in [0.3, 0.4) is 0 Å². The highest BCUT2D eigenvalue weighted by Gasteiger charge is 2.51. The van der Waals surface area contributed by atoms with Crippen molar-refractivity contribution < 1.29 is 9.59 Å². The van der Waals surface area contributed by atoms with Crippen molar-refractivity contribution >= 4 is 11.8 Å². The van der Waals surface area contributed by atoms with Crippen LogP contribution in [-0.2, 0) is 4.79 Å². The van der Waals surface area contributed by atoms with Crippen LogP contribution in [0.15, 0.2) is 24.4 Å². The third kappa shape index (κ3) is 3.80. The van der Waals surface area contributed by atoms with Crippen LogP contribution >= 0.6 is 0 Å². The molecule has 1 saturated carbocycles. The summed E-state index contributed by atoms with van der Waals surface area (Å²) in [6, 6.07) is 1.69. The lowest BCUT2D eigenvalue weighted by Crippen LogP contribution is -2.42. The molecular formula is C21H30N4O2. The second-order valence-corrected chi connectivity index (χ2v) is 8.50. The Morgan fingerprint density at radius 1 is 1.22 bits per heavy atom. The van der Waals surface area contributed by atoms with Crippen LogP contribution in [0.5, 0.6) is 0 Å². The number of carbonyl (C=O) groups excluding carboxylic acids is 2. The van der Waals surface area contributed by atoms with Gasteiger partial charge in [-0.2, -0.15) is 5.10 Å². The molecule has 6 heteroatoms. The van der Waals surface area contributed by atoms with Gasteiger partial charge in [0, 0.05) is 37.2 Å². The van der Waals surface area contributed by atoms with Gasteiger partial charge in [-0.05, 0) is 56.9 Å². The average molecular weight is 370 g/mol. The summed E-state index contributed by atoms with van der Waals surface area (Å²) in [7, 11) is 0. The van der Waals surface area contributed by atoms with Crippen LogP contribution in [0, 0.1) is 17.3 Å². The number of allylic oxidation sites excluding steroid dienone is 2. The SMILES string of the molecule is O=C(NC[C@]12CCC[C@H]1CN(C(=O)C1CC/C=C\CCC1)C2)c1ccn[nH]1. The topological polar surface area (TPSA) is 78.1 Å². The molecule has 4 rings (SSSR count). The highest BCUT2D eigenvalue weighted by molar-refractivity contribution is 5.92. The zero-order chi connectivity index (χ0) is 18.7. The molecule has 2 N–H and O–H groups in total. The summed E-state index contributed by atoms with van der Waals surface area (Å²) in [5, 5.41) is 9.65. The van der Waals surface area contributed by atoms with Gasteiger partial charge in [0.15, 0.2) is 0 Å². The minimum Gasteiger partial charge on any atom is -0.350 e. The summed E-state index contributed by atoms with van der Waals surface area (Å²) in [4.78, 5) is 27.6. The molecule has 1 saturated heterocycles. The number of H-pyrrole nitrogens is 1. The summed E-state index contributed by atoms with van der Waals surface area (Å²) < 4.78 is 0. The number of fused-ring (bicyclic) bond motifs is 1. The molecule has 1 aliphatic heterocycles. The molecule has 2 heterocycles. The Labute approximate surface area is 160 Å². The van der Waals surface area contributed by atoms with E-state index >= 15 is 0 Å². The molecule has 146 valence electrons. The molecule has 2 aliphatic carbocycles. The molecular weight excluding hydrogens is 340 g/mol. The van der Waals surface area contributed by atoms with Gasteiger partial charge >= 0.3 is 0 Å². The number of nitrogens with zero attached hydrogens (tertiary/aromatic N) is 2. The molecule has 0 bridgehead atoms. The predicted molar refractivity (Wildman–Crippen MR) is 103 cm³/mol. The second-order valence-electron chi connectivity index (χ2n) is 8.50. The Morgan fingerprint density at radius 3 is 2.96 bits per heavy atom. The summed E-state index contributed by atoms with van der Waals surface area (Å²) >= 11 is 0. The van der Waals surface area contributed by atoms with Gasteiger partial charge in [0.25, 0.3) is 5.91 Å². The van der Waals surface area contributed by atoms with Crippen LogP contribution in [0.2, 0.25) is 0 Å². The van der Waals surface area contributed by atoms with E-state index < -0.39 is 0 Å². The highest BCUT2D eigenvalue weighted by Crippen LogP contribution is 2.48. The van der Waals surface area contributed by atoms with Gasteiger partial charge < -0.3 is 10.2 Å². The largest absolute Gasteiger partial charge is 0.350 e. The fourth-order valence-electron chi connectivity index (χ4n) is 5.27. The third-order valence-corrected chi connectivity index (χ3v) is 6.82. The Bertz CT molecular complexity index is 699. The van der Waals surface area contributed by atoms with Gasteiger partial charge in [-0.1, -0.05) is 18.6 Å². The first-order chi connectivity index (χ1) is 13.2. The monoisotopic (exact) mass is 370 g/mol. The lowest BCUT2D eigenvalue weighted by molar-refractivity contribution is -0.135. The van der Waals surface area contributed by atoms with Crippen molar-refractivity contribution in [2.45, 2.75) is 51.4 Å². The van der Waals surface area contributed by atoms with Crippen molar-refractivity contribution in [1.29, 1.82) is 0 Å². The second kappa shape index (κ2) is 7.87. The minimum atomic E-state index is -0.107. The molecule has 1 aromatic heterocycles. The summed E-state index contributed by atoms with van der Waals surface area (Å²) in [6.45, 7) is 2.31. The van der Waals surface area contributed by atoms with E-state index in [0.717, 1.165) is 58.0 Å². The van der Waals surface area contributed by atoms with Crippen LogP contribution in [0.4, 0.5) is 0 Å². The van der Waals surface area contributed by atoms with Crippen molar-refractivity contribution in [2.24, 2.45) is 17.3 Å². The van der Waals surface area contributed by atoms with Gasteiger partial charge in [0.2, 0.25) is 5.91 Å². The Balaban J connectivity index is 1.39. The first-order valence-electron chi connectivity index (χ1n) is 10.4. The molecule has 0 aromatic carbocycles. The molecule has 27 heavy (non-hydrogen) atoms. The van der Waals surface area contributed by atoms with Gasteiger partial charge in [-0.15, -0.1) is 0 Å². The maximum absolute atomic E-state index is 13.2. The molecule has 0 spiro atoms. The van der Waals surface area contributed by atoms with E-state index in [1.165, 1.54) is 6.42 Å². The smallest absolute Gasteiger partial charge is 0.269 e. The van der Waals surface area contributed by atoms with Crippen LogP contribution in [0.25, 0.3) is 0 Å². The first kappa shape index (κ1) is 18.3. The third-order valence-electron chi connectivity index (χ3n) is 6.82. The number of aromatic amines is 1. The summed E-state index contributed by atoms with van der Waals surface area (Å²) in [5.41, 5.74) is 0.543. The molecule has 3 atom stereocenters. The van der Waals surface area contributed by atoms with Gasteiger partial charge in [-0.3, -0.25) is 14.7 Å². The lowest BCUT2D eigenvalue weighted by Gasteiger charge is -2.30. The van der Waals surface area contributed by atoms with Gasteiger partial charge in [0.1, 0.15) is 5.69 Å². The number of hydrogen-bond donors (Lipinski definition) is 2. The molecule has 2 fully saturated rings. The first-order valence-corrected chi connectivity index (χ1v) is 10.4. The molecule has 1 unspecified atom stereocenters. The zero-order valence-electron chi connectivity index (χ0n) is 16.0. The highest BCUT2D eigenvalue weighted by atomic mass is 16.2. The van der Waals surface area contributed by atoms with E-state index in [-0.39, 0.29) is 17.2 Å². The van der Waals surface area contributed by atoms with Crippen molar-refractivity contribution in [2.75, 3.05) is 19.6 Å². The summed E-state index contributed by atoms with van der Waals surface area (Å²) in [6.07, 6.45) is 14.7. The van der Waals surface area contributed by atoms with E-state index in [2.05, 4.69) is 32.6 Å². The Kier molecular flexibility index (Phi) is 5.32. The molecule has 0 radical (unpaired) electrons. The number of hydrogen-bond acceptors (Lipinski definition) is 3. The number of likely N-dealkylation sites (tertiary alicyclic amines) is 1. The Hall–Kier alpha value is -2.11. The molecule has 3 aliphatic rings. The van der Waals surface area contributed by atoms with Crippen molar-refractivity contribution in [3.8, 4) is 0 Å². The number of nitrogens with one attached hydrogen (secondary N) is 2. The maximum atomic E-state index is 13.2. The average Bonchev–Trinajstić information content (AvgIpc) is 3.34. The van der Waals surface area contributed by atoms with Gasteiger partial charge in [-0.25, -0.2) is 0 Å². The molecule has 6 nitrogen and oxygen atoms in total. The zero-order valence-corrected chi connectivity index (χ0v) is 16.0. The number of rotatable bonds is 4. The minimum absolute atomic E-state index is 0.0485. The van der Waals surface area contributed by atoms with Crippen LogP contribution in [-0.4, -0.2) is 46.5 Å². The van der Waals surface area contributed by atoms with Gasteiger partial charge in [0.05, 0.1) is 0 Å². The molecule has 2 amide bonds.